The highest BCUT2D eigenvalue weighted by molar-refractivity contribution is 5.69. The summed E-state index contributed by atoms with van der Waals surface area (Å²) >= 11 is 0. The molecule has 1 unspecified atom stereocenters. The molecule has 1 aliphatic heterocycles. The molecule has 3 aromatic heterocycles. The summed E-state index contributed by atoms with van der Waals surface area (Å²) < 4.78 is 7.89. The van der Waals surface area contributed by atoms with Crippen LogP contribution in [-0.4, -0.2) is 49.4 Å². The summed E-state index contributed by atoms with van der Waals surface area (Å²) in [7, 11) is 0. The first-order chi connectivity index (χ1) is 13.1. The number of aryl methyl sites for hydroxylation is 2. The Morgan fingerprint density at radius 1 is 1.41 bits per heavy atom. The van der Waals surface area contributed by atoms with E-state index in [0.29, 0.717) is 17.6 Å². The molecule has 0 radical (unpaired) electrons. The number of carbonyl (C=O) groups is 1. The zero-order valence-electron chi connectivity index (χ0n) is 15.6. The predicted octanol–water partition coefficient (Wildman–Crippen LogP) is 2.30. The number of fused-ring (bicyclic) bond motifs is 1. The number of hydrogen-bond donors (Lipinski definition) is 1. The molecule has 9 heteroatoms. The SMILES string of the molecule is CCn1nc(C)nc1CC1CCCN(c2nc3ncccc3o2)C1.O=CO. The van der Waals surface area contributed by atoms with Crippen molar-refractivity contribution in [2.45, 2.75) is 39.7 Å². The molecule has 27 heavy (non-hydrogen) atoms. The predicted molar refractivity (Wildman–Crippen MR) is 99.6 cm³/mol. The van der Waals surface area contributed by atoms with Crippen molar-refractivity contribution in [1.29, 1.82) is 0 Å². The highest BCUT2D eigenvalue weighted by atomic mass is 16.4. The van der Waals surface area contributed by atoms with Crippen LogP contribution in [0.4, 0.5) is 6.01 Å². The number of anilines is 1. The maximum Gasteiger partial charge on any atom is 0.299 e. The van der Waals surface area contributed by atoms with Gasteiger partial charge in [-0.05, 0) is 44.7 Å². The number of hydrogen-bond acceptors (Lipinski definition) is 7. The van der Waals surface area contributed by atoms with Gasteiger partial charge in [-0.15, -0.1) is 0 Å². The van der Waals surface area contributed by atoms with E-state index in [9.17, 15) is 0 Å². The first kappa shape index (κ1) is 18.8. The Kier molecular flexibility index (Phi) is 6.00. The fourth-order valence-electron chi connectivity index (χ4n) is 3.46. The molecule has 4 heterocycles. The minimum absolute atomic E-state index is 0.250. The molecule has 1 atom stereocenters. The Hall–Kier alpha value is -2.97. The van der Waals surface area contributed by atoms with Crippen LogP contribution in [0.1, 0.15) is 31.4 Å². The van der Waals surface area contributed by atoms with E-state index < -0.39 is 0 Å². The van der Waals surface area contributed by atoms with E-state index in [1.807, 2.05) is 23.7 Å². The van der Waals surface area contributed by atoms with Crippen molar-refractivity contribution >= 4 is 23.7 Å². The second kappa shape index (κ2) is 8.61. The number of rotatable bonds is 4. The summed E-state index contributed by atoms with van der Waals surface area (Å²) in [6.07, 6.45) is 5.03. The molecule has 0 aliphatic carbocycles. The summed E-state index contributed by atoms with van der Waals surface area (Å²) in [5.41, 5.74) is 1.42. The zero-order valence-corrected chi connectivity index (χ0v) is 15.6. The van der Waals surface area contributed by atoms with Gasteiger partial charge in [0, 0.05) is 32.3 Å². The summed E-state index contributed by atoms with van der Waals surface area (Å²) in [6.45, 7) is 6.58. The van der Waals surface area contributed by atoms with Crippen LogP contribution in [0.25, 0.3) is 11.2 Å². The van der Waals surface area contributed by atoms with Crippen LogP contribution in [0.5, 0.6) is 0 Å². The van der Waals surface area contributed by atoms with Crippen LogP contribution in [0.15, 0.2) is 22.7 Å². The monoisotopic (exact) mass is 372 g/mol. The van der Waals surface area contributed by atoms with Gasteiger partial charge in [-0.25, -0.2) is 9.97 Å². The smallest absolute Gasteiger partial charge is 0.299 e. The Morgan fingerprint density at radius 2 is 2.22 bits per heavy atom. The minimum atomic E-state index is -0.250. The highest BCUT2D eigenvalue weighted by Crippen LogP contribution is 2.27. The van der Waals surface area contributed by atoms with Crippen LogP contribution < -0.4 is 4.90 Å². The summed E-state index contributed by atoms with van der Waals surface area (Å²) in [6, 6.07) is 4.46. The van der Waals surface area contributed by atoms with Gasteiger partial charge in [0.15, 0.2) is 5.58 Å². The van der Waals surface area contributed by atoms with Gasteiger partial charge in [0.25, 0.3) is 12.5 Å². The van der Waals surface area contributed by atoms with E-state index in [2.05, 4.69) is 31.9 Å². The van der Waals surface area contributed by atoms with E-state index in [0.717, 1.165) is 49.7 Å². The maximum absolute atomic E-state index is 8.36. The molecule has 0 amide bonds. The molecule has 144 valence electrons. The van der Waals surface area contributed by atoms with Gasteiger partial charge in [-0.1, -0.05) is 0 Å². The lowest BCUT2D eigenvalue weighted by Crippen LogP contribution is -2.36. The van der Waals surface area contributed by atoms with E-state index in [-0.39, 0.29) is 6.47 Å². The third-order valence-electron chi connectivity index (χ3n) is 4.57. The van der Waals surface area contributed by atoms with E-state index in [1.165, 1.54) is 6.42 Å². The van der Waals surface area contributed by atoms with Crippen molar-refractivity contribution in [1.82, 2.24) is 24.7 Å². The third kappa shape index (κ3) is 4.42. The van der Waals surface area contributed by atoms with Crippen molar-refractivity contribution in [2.75, 3.05) is 18.0 Å². The molecule has 0 bridgehead atoms. The van der Waals surface area contributed by atoms with Crippen molar-refractivity contribution < 1.29 is 14.3 Å². The number of nitrogens with zero attached hydrogens (tertiary/aromatic N) is 6. The van der Waals surface area contributed by atoms with Crippen LogP contribution in [0.3, 0.4) is 0 Å². The normalized spacial score (nSPS) is 16.8. The molecule has 1 saturated heterocycles. The number of carboxylic acid groups (broad SMARTS) is 1. The second-order valence-corrected chi connectivity index (χ2v) is 6.48. The molecule has 1 aliphatic rings. The molecule has 1 fully saturated rings. The summed E-state index contributed by atoms with van der Waals surface area (Å²) in [4.78, 5) is 24.0. The molecule has 9 nitrogen and oxygen atoms in total. The van der Waals surface area contributed by atoms with E-state index >= 15 is 0 Å². The molecule has 0 spiro atoms. The zero-order chi connectivity index (χ0) is 19.2. The third-order valence-corrected chi connectivity index (χ3v) is 4.57. The van der Waals surface area contributed by atoms with E-state index in [4.69, 9.17) is 14.3 Å². The van der Waals surface area contributed by atoms with Gasteiger partial charge in [0.2, 0.25) is 5.65 Å². The minimum Gasteiger partial charge on any atom is -0.483 e. The molecular formula is C18H24N6O3. The molecule has 0 saturated carbocycles. The fraction of sp³-hybridized carbons (Fsp3) is 0.500. The molecule has 4 rings (SSSR count). The Balaban J connectivity index is 0.000000659. The van der Waals surface area contributed by atoms with Crippen molar-refractivity contribution in [3.05, 3.63) is 30.0 Å². The Morgan fingerprint density at radius 3 is 2.96 bits per heavy atom. The quantitative estimate of drug-likeness (QED) is 0.695. The van der Waals surface area contributed by atoms with Gasteiger partial charge >= 0.3 is 0 Å². The van der Waals surface area contributed by atoms with Crippen LogP contribution in [-0.2, 0) is 17.8 Å². The first-order valence-corrected chi connectivity index (χ1v) is 9.09. The Labute approximate surface area is 157 Å². The second-order valence-electron chi connectivity index (χ2n) is 6.48. The number of aromatic nitrogens is 5. The van der Waals surface area contributed by atoms with Gasteiger partial charge in [0.1, 0.15) is 11.6 Å². The highest BCUT2D eigenvalue weighted by Gasteiger charge is 2.25. The van der Waals surface area contributed by atoms with Gasteiger partial charge < -0.3 is 14.4 Å². The topological polar surface area (TPSA) is 110 Å². The molecule has 0 aromatic carbocycles. The first-order valence-electron chi connectivity index (χ1n) is 9.09. The fourth-order valence-corrected chi connectivity index (χ4v) is 3.46. The number of oxazole rings is 1. The van der Waals surface area contributed by atoms with Gasteiger partial charge in [-0.2, -0.15) is 10.1 Å². The average Bonchev–Trinajstić information content (AvgIpc) is 3.25. The average molecular weight is 372 g/mol. The standard InChI is InChI=1S/C17H22N6O.CH2O2/c1-3-23-15(19-12(2)21-23)10-13-6-5-9-22(11-13)17-20-16-14(24-17)7-4-8-18-16;2-1-3/h4,7-8,13H,3,5-6,9-11H2,1-2H3;1H,(H,2,3). The lowest BCUT2D eigenvalue weighted by molar-refractivity contribution is -0.122. The maximum atomic E-state index is 8.36. The van der Waals surface area contributed by atoms with Gasteiger partial charge in [-0.3, -0.25) is 9.48 Å². The van der Waals surface area contributed by atoms with E-state index in [1.54, 1.807) is 6.20 Å². The molecular weight excluding hydrogens is 348 g/mol. The Bertz CT molecular complexity index is 857. The molecule has 3 aromatic rings. The molecule has 1 N–H and O–H groups in total. The van der Waals surface area contributed by atoms with Crippen LogP contribution >= 0.6 is 0 Å². The van der Waals surface area contributed by atoms with Gasteiger partial charge in [0.05, 0.1) is 0 Å². The van der Waals surface area contributed by atoms with Crippen molar-refractivity contribution in [3.63, 3.8) is 0 Å². The number of pyridine rings is 1. The summed E-state index contributed by atoms with van der Waals surface area (Å²) in [5, 5.41) is 11.3. The largest absolute Gasteiger partial charge is 0.483 e. The van der Waals surface area contributed by atoms with Crippen molar-refractivity contribution in [3.8, 4) is 0 Å². The van der Waals surface area contributed by atoms with Crippen molar-refractivity contribution in [2.24, 2.45) is 5.92 Å². The lowest BCUT2D eigenvalue weighted by Gasteiger charge is -2.31. The summed E-state index contributed by atoms with van der Waals surface area (Å²) in [5.74, 6) is 2.47. The van der Waals surface area contributed by atoms with Crippen LogP contribution in [0.2, 0.25) is 0 Å². The number of piperidine rings is 1. The lowest BCUT2D eigenvalue weighted by atomic mass is 9.94. The van der Waals surface area contributed by atoms with Crippen LogP contribution in [0, 0.1) is 12.8 Å².